The van der Waals surface area contributed by atoms with Crippen molar-refractivity contribution in [1.29, 1.82) is 0 Å². The third-order valence-electron chi connectivity index (χ3n) is 4.17. The van der Waals surface area contributed by atoms with Crippen molar-refractivity contribution in [2.75, 3.05) is 26.2 Å². The molecule has 1 heterocycles. The molecule has 2 unspecified atom stereocenters. The number of piperidine rings is 1. The molecule has 1 aliphatic rings. The zero-order chi connectivity index (χ0) is 14.0. The molecule has 0 spiro atoms. The predicted molar refractivity (Wildman–Crippen MR) is 80.9 cm³/mol. The smallest absolute Gasteiger partial charge is 0.00967 e. The van der Waals surface area contributed by atoms with Gasteiger partial charge in [0.25, 0.3) is 0 Å². The molecule has 2 atom stereocenters. The quantitative estimate of drug-likeness (QED) is 0.827. The molecule has 0 saturated carbocycles. The topological polar surface area (TPSA) is 15.3 Å². The Morgan fingerprint density at radius 1 is 1.06 bits per heavy atom. The maximum Gasteiger partial charge on any atom is 0.00967 e. The van der Waals surface area contributed by atoms with E-state index < -0.39 is 0 Å². The molecule has 0 radical (unpaired) electrons. The van der Waals surface area contributed by atoms with Gasteiger partial charge in [0.15, 0.2) is 0 Å². The van der Waals surface area contributed by atoms with E-state index in [4.69, 9.17) is 0 Å². The summed E-state index contributed by atoms with van der Waals surface area (Å²) >= 11 is 0. The molecule has 1 N–H and O–H groups in total. The lowest BCUT2D eigenvalue weighted by Gasteiger charge is -2.40. The van der Waals surface area contributed by atoms with Crippen LogP contribution in [0, 0.1) is 17.3 Å². The molecular formula is C16H34N2. The van der Waals surface area contributed by atoms with Gasteiger partial charge in [-0.05, 0) is 51.0 Å². The predicted octanol–water partition coefficient (Wildman–Crippen LogP) is 3.38. The second-order valence-corrected chi connectivity index (χ2v) is 8.25. The molecule has 1 saturated heterocycles. The van der Waals surface area contributed by atoms with Crippen molar-refractivity contribution in [3.8, 4) is 0 Å². The van der Waals surface area contributed by atoms with E-state index in [0.717, 1.165) is 18.4 Å². The van der Waals surface area contributed by atoms with Crippen molar-refractivity contribution < 1.29 is 0 Å². The molecule has 2 nitrogen and oxygen atoms in total. The van der Waals surface area contributed by atoms with E-state index in [9.17, 15) is 0 Å². The van der Waals surface area contributed by atoms with Crippen molar-refractivity contribution in [3.63, 3.8) is 0 Å². The Balaban J connectivity index is 2.40. The summed E-state index contributed by atoms with van der Waals surface area (Å²) in [5.74, 6) is 1.75. The fourth-order valence-corrected chi connectivity index (χ4v) is 2.66. The average molecular weight is 254 g/mol. The number of likely N-dealkylation sites (tertiary alicyclic amines) is 1. The van der Waals surface area contributed by atoms with E-state index in [1.165, 1.54) is 26.1 Å². The molecule has 1 fully saturated rings. The molecule has 108 valence electrons. The van der Waals surface area contributed by atoms with Gasteiger partial charge in [0.2, 0.25) is 0 Å². The second-order valence-electron chi connectivity index (χ2n) is 8.25. The van der Waals surface area contributed by atoms with E-state index in [-0.39, 0.29) is 5.54 Å². The number of nitrogens with zero attached hydrogens (tertiary/aromatic N) is 1. The Morgan fingerprint density at radius 2 is 1.67 bits per heavy atom. The van der Waals surface area contributed by atoms with Gasteiger partial charge in [-0.15, -0.1) is 0 Å². The molecule has 0 aromatic heterocycles. The van der Waals surface area contributed by atoms with Gasteiger partial charge in [0.05, 0.1) is 0 Å². The number of nitrogens with one attached hydrogen (secondary N) is 1. The molecule has 2 heteroatoms. The van der Waals surface area contributed by atoms with E-state index >= 15 is 0 Å². The number of rotatable bonds is 4. The lowest BCUT2D eigenvalue weighted by atomic mass is 9.85. The molecule has 0 aliphatic carbocycles. The minimum atomic E-state index is 0.223. The average Bonchev–Trinajstić information content (AvgIpc) is 2.20. The Bertz CT molecular complexity index is 252. The Kier molecular flexibility index (Phi) is 5.25. The van der Waals surface area contributed by atoms with Crippen molar-refractivity contribution in [2.45, 2.75) is 60.4 Å². The fourth-order valence-electron chi connectivity index (χ4n) is 2.66. The highest BCUT2D eigenvalue weighted by atomic mass is 15.1. The van der Waals surface area contributed by atoms with Crippen molar-refractivity contribution >= 4 is 0 Å². The largest absolute Gasteiger partial charge is 0.311 e. The zero-order valence-corrected chi connectivity index (χ0v) is 13.6. The normalized spacial score (nSPS) is 27.5. The van der Waals surface area contributed by atoms with Crippen molar-refractivity contribution in [1.82, 2.24) is 10.2 Å². The van der Waals surface area contributed by atoms with E-state index in [0.29, 0.717) is 5.41 Å². The first-order valence-electron chi connectivity index (χ1n) is 7.56. The molecule has 0 bridgehead atoms. The third-order valence-corrected chi connectivity index (χ3v) is 4.17. The van der Waals surface area contributed by atoms with Crippen LogP contribution in [0.5, 0.6) is 0 Å². The van der Waals surface area contributed by atoms with Crippen LogP contribution in [0.1, 0.15) is 54.9 Å². The first-order valence-corrected chi connectivity index (χ1v) is 7.56. The molecule has 1 aliphatic heterocycles. The maximum absolute atomic E-state index is 3.65. The van der Waals surface area contributed by atoms with E-state index in [2.05, 4.69) is 58.7 Å². The zero-order valence-electron chi connectivity index (χ0n) is 13.6. The molecule has 0 aromatic carbocycles. The number of hydrogen-bond donors (Lipinski definition) is 1. The highest BCUT2D eigenvalue weighted by molar-refractivity contribution is 4.83. The van der Waals surface area contributed by atoms with Crippen LogP contribution in [-0.4, -0.2) is 36.6 Å². The summed E-state index contributed by atoms with van der Waals surface area (Å²) in [6.45, 7) is 21.2. The summed E-state index contributed by atoms with van der Waals surface area (Å²) in [5, 5.41) is 3.65. The molecule has 18 heavy (non-hydrogen) atoms. The number of hydrogen-bond acceptors (Lipinski definition) is 2. The van der Waals surface area contributed by atoms with Gasteiger partial charge >= 0.3 is 0 Å². The summed E-state index contributed by atoms with van der Waals surface area (Å²) in [5.41, 5.74) is 0.578. The van der Waals surface area contributed by atoms with Gasteiger partial charge in [-0.1, -0.05) is 27.7 Å². The van der Waals surface area contributed by atoms with Crippen LogP contribution in [0.2, 0.25) is 0 Å². The summed E-state index contributed by atoms with van der Waals surface area (Å²) in [6, 6.07) is 0. The van der Waals surface area contributed by atoms with E-state index in [1.54, 1.807) is 0 Å². The summed E-state index contributed by atoms with van der Waals surface area (Å²) in [6.07, 6.45) is 1.37. The summed E-state index contributed by atoms with van der Waals surface area (Å²) in [7, 11) is 0. The molecular weight excluding hydrogens is 220 g/mol. The van der Waals surface area contributed by atoms with Crippen LogP contribution in [0.25, 0.3) is 0 Å². The van der Waals surface area contributed by atoms with Gasteiger partial charge in [-0.2, -0.15) is 0 Å². The minimum Gasteiger partial charge on any atom is -0.311 e. The van der Waals surface area contributed by atoms with Gasteiger partial charge in [-0.3, -0.25) is 0 Å². The molecule has 0 amide bonds. The minimum absolute atomic E-state index is 0.223. The monoisotopic (exact) mass is 254 g/mol. The van der Waals surface area contributed by atoms with Crippen LogP contribution >= 0.6 is 0 Å². The van der Waals surface area contributed by atoms with Gasteiger partial charge < -0.3 is 10.2 Å². The Hall–Kier alpha value is -0.0800. The first kappa shape index (κ1) is 16.0. The standard InChI is InChI=1S/C16H34N2/c1-13-8-9-18(10-14(13)2)12-16(6,7)11-17-15(3,4)5/h13-14,17H,8-12H2,1-7H3. The van der Waals surface area contributed by atoms with Gasteiger partial charge in [0.1, 0.15) is 0 Å². The first-order chi connectivity index (χ1) is 8.09. The fraction of sp³-hybridized carbons (Fsp3) is 1.00. The highest BCUT2D eigenvalue weighted by Crippen LogP contribution is 2.26. The van der Waals surface area contributed by atoms with Crippen LogP contribution in [0.4, 0.5) is 0 Å². The third kappa shape index (κ3) is 5.71. The Morgan fingerprint density at radius 3 is 2.17 bits per heavy atom. The maximum atomic E-state index is 3.65. The second kappa shape index (κ2) is 5.92. The summed E-state index contributed by atoms with van der Waals surface area (Å²) in [4.78, 5) is 2.66. The Labute approximate surface area is 115 Å². The van der Waals surface area contributed by atoms with Crippen LogP contribution in [-0.2, 0) is 0 Å². The molecule has 0 aromatic rings. The van der Waals surface area contributed by atoms with E-state index in [1.807, 2.05) is 0 Å². The molecule has 1 rings (SSSR count). The lowest BCUT2D eigenvalue weighted by Crippen LogP contribution is -2.48. The SMILES string of the molecule is CC1CCN(CC(C)(C)CNC(C)(C)C)CC1C. The van der Waals surface area contributed by atoms with Crippen molar-refractivity contribution in [2.24, 2.45) is 17.3 Å². The highest BCUT2D eigenvalue weighted by Gasteiger charge is 2.28. The van der Waals surface area contributed by atoms with Gasteiger partial charge in [0, 0.05) is 25.2 Å². The van der Waals surface area contributed by atoms with Crippen molar-refractivity contribution in [3.05, 3.63) is 0 Å². The lowest BCUT2D eigenvalue weighted by molar-refractivity contribution is 0.0931. The summed E-state index contributed by atoms with van der Waals surface area (Å²) < 4.78 is 0. The van der Waals surface area contributed by atoms with Gasteiger partial charge in [-0.25, -0.2) is 0 Å². The van der Waals surface area contributed by atoms with Crippen LogP contribution in [0.3, 0.4) is 0 Å². The van der Waals surface area contributed by atoms with Crippen LogP contribution < -0.4 is 5.32 Å². The van der Waals surface area contributed by atoms with Crippen LogP contribution in [0.15, 0.2) is 0 Å².